The van der Waals surface area contributed by atoms with E-state index < -0.39 is 0 Å². The molecule has 2 atom stereocenters. The number of epoxide rings is 1. The maximum Gasteiger partial charge on any atom is 0.109 e. The third-order valence-electron chi connectivity index (χ3n) is 1.89. The highest BCUT2D eigenvalue weighted by molar-refractivity contribution is 6.30. The molecule has 0 saturated carbocycles. The first-order valence-electron chi connectivity index (χ1n) is 3.68. The van der Waals surface area contributed by atoms with Crippen LogP contribution in [0.5, 0.6) is 0 Å². The van der Waals surface area contributed by atoms with Gasteiger partial charge in [-0.15, -0.1) is 0 Å². The standard InChI is InChI=1S/C9H9ClO/c1-6-9(11-6)7-3-2-4-8(10)5-7/h2-6,9H,1H3. The van der Waals surface area contributed by atoms with Crippen molar-refractivity contribution in [2.24, 2.45) is 0 Å². The second-order valence-electron chi connectivity index (χ2n) is 2.82. The normalized spacial score (nSPS) is 28.5. The van der Waals surface area contributed by atoms with Crippen molar-refractivity contribution in [3.05, 3.63) is 34.9 Å². The van der Waals surface area contributed by atoms with Crippen molar-refractivity contribution >= 4 is 11.6 Å². The van der Waals surface area contributed by atoms with Gasteiger partial charge in [0.15, 0.2) is 0 Å². The van der Waals surface area contributed by atoms with Crippen LogP contribution in [0.1, 0.15) is 18.6 Å². The number of benzene rings is 1. The molecule has 11 heavy (non-hydrogen) atoms. The Morgan fingerprint density at radius 1 is 1.45 bits per heavy atom. The Morgan fingerprint density at radius 3 is 2.73 bits per heavy atom. The van der Waals surface area contributed by atoms with Gasteiger partial charge in [0.05, 0.1) is 6.10 Å². The molecule has 0 amide bonds. The molecule has 2 unspecified atom stereocenters. The van der Waals surface area contributed by atoms with E-state index in [0.717, 1.165) is 5.02 Å². The lowest BCUT2D eigenvalue weighted by molar-refractivity contribution is 0.383. The lowest BCUT2D eigenvalue weighted by atomic mass is 10.1. The fourth-order valence-electron chi connectivity index (χ4n) is 1.22. The number of halogens is 1. The van der Waals surface area contributed by atoms with Gasteiger partial charge in [-0.05, 0) is 24.6 Å². The van der Waals surface area contributed by atoms with Gasteiger partial charge < -0.3 is 4.74 Å². The SMILES string of the molecule is CC1OC1c1cccc(Cl)c1. The third kappa shape index (κ3) is 1.39. The van der Waals surface area contributed by atoms with Crippen LogP contribution in [0.3, 0.4) is 0 Å². The zero-order valence-electron chi connectivity index (χ0n) is 6.25. The Balaban J connectivity index is 2.25. The predicted molar refractivity (Wildman–Crippen MR) is 44.7 cm³/mol. The van der Waals surface area contributed by atoms with Gasteiger partial charge in [0.25, 0.3) is 0 Å². The van der Waals surface area contributed by atoms with E-state index in [1.165, 1.54) is 5.56 Å². The number of hydrogen-bond donors (Lipinski definition) is 0. The topological polar surface area (TPSA) is 12.5 Å². The molecular formula is C9H9ClO. The molecule has 0 aliphatic carbocycles. The molecule has 0 bridgehead atoms. The lowest BCUT2D eigenvalue weighted by Gasteiger charge is -1.94. The molecule has 1 heterocycles. The van der Waals surface area contributed by atoms with Crippen molar-refractivity contribution in [1.29, 1.82) is 0 Å². The zero-order chi connectivity index (χ0) is 7.84. The molecule has 58 valence electrons. The summed E-state index contributed by atoms with van der Waals surface area (Å²) in [6.07, 6.45) is 0.655. The molecule has 1 aliphatic rings. The minimum absolute atomic E-state index is 0.286. The zero-order valence-corrected chi connectivity index (χ0v) is 7.01. The van der Waals surface area contributed by atoms with Crippen molar-refractivity contribution < 1.29 is 4.74 Å². The van der Waals surface area contributed by atoms with Crippen molar-refractivity contribution in [3.8, 4) is 0 Å². The smallest absolute Gasteiger partial charge is 0.109 e. The number of hydrogen-bond acceptors (Lipinski definition) is 1. The average molecular weight is 169 g/mol. The van der Waals surface area contributed by atoms with Crippen molar-refractivity contribution in [2.75, 3.05) is 0 Å². The molecule has 0 spiro atoms. The van der Waals surface area contributed by atoms with Gasteiger partial charge in [0, 0.05) is 5.02 Å². The highest BCUT2D eigenvalue weighted by Crippen LogP contribution is 2.38. The van der Waals surface area contributed by atoms with E-state index in [1.807, 2.05) is 24.3 Å². The van der Waals surface area contributed by atoms with Crippen LogP contribution in [0.4, 0.5) is 0 Å². The van der Waals surface area contributed by atoms with E-state index in [1.54, 1.807) is 0 Å². The second kappa shape index (κ2) is 2.50. The fourth-order valence-corrected chi connectivity index (χ4v) is 1.42. The summed E-state index contributed by atoms with van der Waals surface area (Å²) in [7, 11) is 0. The molecule has 0 radical (unpaired) electrons. The molecule has 0 aromatic heterocycles. The quantitative estimate of drug-likeness (QED) is 0.588. The highest BCUT2D eigenvalue weighted by atomic mass is 35.5. The van der Waals surface area contributed by atoms with Gasteiger partial charge in [-0.1, -0.05) is 23.7 Å². The molecular weight excluding hydrogens is 160 g/mol. The van der Waals surface area contributed by atoms with Crippen molar-refractivity contribution in [3.63, 3.8) is 0 Å². The van der Waals surface area contributed by atoms with Crippen molar-refractivity contribution in [1.82, 2.24) is 0 Å². The Labute approximate surface area is 70.9 Å². The summed E-state index contributed by atoms with van der Waals surface area (Å²) in [5, 5.41) is 0.783. The molecule has 0 N–H and O–H groups in total. The summed E-state index contributed by atoms with van der Waals surface area (Å²) in [5.74, 6) is 0. The molecule has 1 aromatic carbocycles. The minimum atomic E-state index is 0.286. The van der Waals surface area contributed by atoms with E-state index in [9.17, 15) is 0 Å². The molecule has 2 rings (SSSR count). The van der Waals surface area contributed by atoms with Gasteiger partial charge in [0.2, 0.25) is 0 Å². The fraction of sp³-hybridized carbons (Fsp3) is 0.333. The van der Waals surface area contributed by atoms with Crippen LogP contribution in [0.2, 0.25) is 5.02 Å². The number of ether oxygens (including phenoxy) is 1. The molecule has 2 heteroatoms. The van der Waals surface area contributed by atoms with E-state index in [2.05, 4.69) is 6.92 Å². The van der Waals surface area contributed by atoms with Gasteiger partial charge in [-0.2, -0.15) is 0 Å². The van der Waals surface area contributed by atoms with Gasteiger partial charge in [-0.25, -0.2) is 0 Å². The van der Waals surface area contributed by atoms with Crippen LogP contribution < -0.4 is 0 Å². The summed E-state index contributed by atoms with van der Waals surface area (Å²) in [4.78, 5) is 0. The van der Waals surface area contributed by atoms with Crippen LogP contribution >= 0.6 is 11.6 Å². The Morgan fingerprint density at radius 2 is 2.18 bits per heavy atom. The van der Waals surface area contributed by atoms with Crippen LogP contribution in [0, 0.1) is 0 Å². The van der Waals surface area contributed by atoms with E-state index in [0.29, 0.717) is 6.10 Å². The number of rotatable bonds is 1. The second-order valence-corrected chi connectivity index (χ2v) is 3.25. The lowest BCUT2D eigenvalue weighted by Crippen LogP contribution is -1.81. The first kappa shape index (κ1) is 7.14. The minimum Gasteiger partial charge on any atom is -0.365 e. The maximum atomic E-state index is 5.81. The summed E-state index contributed by atoms with van der Waals surface area (Å²) in [6.45, 7) is 2.06. The van der Waals surface area contributed by atoms with Crippen LogP contribution in [0.15, 0.2) is 24.3 Å². The van der Waals surface area contributed by atoms with Gasteiger partial charge in [-0.3, -0.25) is 0 Å². The summed E-state index contributed by atoms with van der Waals surface area (Å²) in [6, 6.07) is 7.82. The Hall–Kier alpha value is -0.530. The highest BCUT2D eigenvalue weighted by Gasteiger charge is 2.35. The molecule has 1 nitrogen and oxygen atoms in total. The summed E-state index contributed by atoms with van der Waals surface area (Å²) in [5.41, 5.74) is 1.19. The van der Waals surface area contributed by atoms with Gasteiger partial charge >= 0.3 is 0 Å². The van der Waals surface area contributed by atoms with Gasteiger partial charge in [0.1, 0.15) is 6.10 Å². The predicted octanol–water partition coefficient (Wildman–Crippen LogP) is 2.80. The average Bonchev–Trinajstić information content (AvgIpc) is 2.67. The first-order valence-corrected chi connectivity index (χ1v) is 4.06. The largest absolute Gasteiger partial charge is 0.365 e. The Kier molecular flexibility index (Phi) is 1.63. The first-order chi connectivity index (χ1) is 5.27. The molecule has 1 fully saturated rings. The van der Waals surface area contributed by atoms with Crippen molar-refractivity contribution in [2.45, 2.75) is 19.1 Å². The van der Waals surface area contributed by atoms with Crippen LogP contribution in [0.25, 0.3) is 0 Å². The van der Waals surface area contributed by atoms with Crippen LogP contribution in [-0.4, -0.2) is 6.10 Å². The summed E-state index contributed by atoms with van der Waals surface area (Å²) < 4.78 is 5.30. The summed E-state index contributed by atoms with van der Waals surface area (Å²) >= 11 is 5.81. The monoisotopic (exact) mass is 168 g/mol. The maximum absolute atomic E-state index is 5.81. The van der Waals surface area contributed by atoms with E-state index >= 15 is 0 Å². The Bertz CT molecular complexity index is 272. The third-order valence-corrected chi connectivity index (χ3v) is 2.12. The molecule has 1 saturated heterocycles. The molecule has 1 aromatic rings. The molecule has 1 aliphatic heterocycles. The van der Waals surface area contributed by atoms with E-state index in [-0.39, 0.29) is 6.10 Å². The van der Waals surface area contributed by atoms with Crippen LogP contribution in [-0.2, 0) is 4.74 Å². The van der Waals surface area contributed by atoms with E-state index in [4.69, 9.17) is 16.3 Å².